The van der Waals surface area contributed by atoms with Crippen molar-refractivity contribution in [3.8, 4) is 0 Å². The Kier molecular flexibility index (Phi) is 5.58. The Morgan fingerprint density at radius 2 is 2.11 bits per heavy atom. The SMILES string of the molecule is CCOC(=O)c1cnc2c(c(C)nn2C)c1NCC(C)(O)c1ccccc1Cl. The molecule has 0 radical (unpaired) electrons. The summed E-state index contributed by atoms with van der Waals surface area (Å²) in [6.07, 6.45) is 1.47. The third-order valence-corrected chi connectivity index (χ3v) is 4.92. The molecule has 3 rings (SSSR count). The van der Waals surface area contributed by atoms with Crippen molar-refractivity contribution in [3.63, 3.8) is 0 Å². The molecule has 0 spiro atoms. The predicted octanol–water partition coefficient (Wildman–Crippen LogP) is 3.43. The lowest BCUT2D eigenvalue weighted by Crippen LogP contribution is -2.31. The van der Waals surface area contributed by atoms with Gasteiger partial charge in [-0.25, -0.2) is 9.78 Å². The molecule has 0 fully saturated rings. The Labute approximate surface area is 168 Å². The number of anilines is 1. The number of nitrogens with zero attached hydrogens (tertiary/aromatic N) is 3. The minimum Gasteiger partial charge on any atom is -0.462 e. The highest BCUT2D eigenvalue weighted by Crippen LogP contribution is 2.32. The number of fused-ring (bicyclic) bond motifs is 1. The second kappa shape index (κ2) is 7.77. The molecule has 28 heavy (non-hydrogen) atoms. The predicted molar refractivity (Wildman–Crippen MR) is 109 cm³/mol. The van der Waals surface area contributed by atoms with Crippen molar-refractivity contribution in [3.05, 3.63) is 52.3 Å². The molecule has 0 bridgehead atoms. The fourth-order valence-electron chi connectivity index (χ4n) is 3.21. The minimum absolute atomic E-state index is 0.122. The average Bonchev–Trinajstić information content (AvgIpc) is 2.94. The van der Waals surface area contributed by atoms with Crippen LogP contribution in [-0.2, 0) is 17.4 Å². The van der Waals surface area contributed by atoms with Crippen molar-refractivity contribution in [2.24, 2.45) is 7.05 Å². The number of aromatic nitrogens is 3. The molecule has 0 aliphatic heterocycles. The number of pyridine rings is 1. The molecule has 1 unspecified atom stereocenters. The van der Waals surface area contributed by atoms with Gasteiger partial charge < -0.3 is 15.2 Å². The van der Waals surface area contributed by atoms with Crippen LogP contribution in [0.5, 0.6) is 0 Å². The van der Waals surface area contributed by atoms with Gasteiger partial charge in [0.2, 0.25) is 0 Å². The molecule has 0 saturated heterocycles. The molecule has 3 aromatic rings. The normalized spacial score (nSPS) is 13.4. The second-order valence-corrected chi connectivity index (χ2v) is 7.19. The van der Waals surface area contributed by atoms with Crippen LogP contribution < -0.4 is 5.32 Å². The van der Waals surface area contributed by atoms with E-state index in [1.807, 2.05) is 13.0 Å². The molecule has 8 heteroatoms. The number of nitrogens with one attached hydrogen (secondary N) is 1. The highest BCUT2D eigenvalue weighted by molar-refractivity contribution is 6.31. The quantitative estimate of drug-likeness (QED) is 0.614. The number of benzene rings is 1. The lowest BCUT2D eigenvalue weighted by atomic mass is 9.95. The van der Waals surface area contributed by atoms with E-state index in [4.69, 9.17) is 16.3 Å². The van der Waals surface area contributed by atoms with Crippen LogP contribution in [0.4, 0.5) is 5.69 Å². The molecule has 2 N–H and O–H groups in total. The summed E-state index contributed by atoms with van der Waals surface area (Å²) in [5, 5.41) is 19.8. The number of carbonyl (C=O) groups excluding carboxylic acids is 1. The van der Waals surface area contributed by atoms with Gasteiger partial charge in [-0.3, -0.25) is 4.68 Å². The topological polar surface area (TPSA) is 89.3 Å². The molecule has 0 saturated carbocycles. The smallest absolute Gasteiger partial charge is 0.341 e. The van der Waals surface area contributed by atoms with Crippen LogP contribution in [0.1, 0.15) is 35.5 Å². The molecule has 2 aromatic heterocycles. The van der Waals surface area contributed by atoms with Gasteiger partial charge in [0.05, 0.1) is 23.4 Å². The van der Waals surface area contributed by atoms with Gasteiger partial charge in [-0.2, -0.15) is 5.10 Å². The number of esters is 1. The fraction of sp³-hybridized carbons (Fsp3) is 0.350. The van der Waals surface area contributed by atoms with Crippen LogP contribution in [0.3, 0.4) is 0 Å². The zero-order chi connectivity index (χ0) is 20.5. The number of hydrogen-bond acceptors (Lipinski definition) is 6. The first kappa shape index (κ1) is 20.1. The third kappa shape index (κ3) is 3.68. The lowest BCUT2D eigenvalue weighted by molar-refractivity contribution is 0.0525. The molecule has 0 aliphatic rings. The van der Waals surface area contributed by atoms with E-state index in [2.05, 4.69) is 15.4 Å². The minimum atomic E-state index is -1.27. The van der Waals surface area contributed by atoms with Crippen LogP contribution >= 0.6 is 11.6 Å². The van der Waals surface area contributed by atoms with E-state index >= 15 is 0 Å². The van der Waals surface area contributed by atoms with Crippen LogP contribution in [0.15, 0.2) is 30.5 Å². The van der Waals surface area contributed by atoms with E-state index in [-0.39, 0.29) is 13.2 Å². The van der Waals surface area contributed by atoms with Crippen molar-refractivity contribution in [1.82, 2.24) is 14.8 Å². The van der Waals surface area contributed by atoms with Gasteiger partial charge in [-0.1, -0.05) is 29.8 Å². The van der Waals surface area contributed by atoms with E-state index < -0.39 is 11.6 Å². The van der Waals surface area contributed by atoms with Gasteiger partial charge in [0.15, 0.2) is 5.65 Å². The number of hydrogen-bond donors (Lipinski definition) is 2. The summed E-state index contributed by atoms with van der Waals surface area (Å²) >= 11 is 6.25. The van der Waals surface area contributed by atoms with Crippen LogP contribution in [0.2, 0.25) is 5.02 Å². The summed E-state index contributed by atoms with van der Waals surface area (Å²) in [6.45, 7) is 5.63. The average molecular weight is 403 g/mol. The maximum Gasteiger partial charge on any atom is 0.341 e. The maximum absolute atomic E-state index is 12.5. The molecule has 148 valence electrons. The number of aliphatic hydroxyl groups is 1. The Hall–Kier alpha value is -2.64. The van der Waals surface area contributed by atoms with Crippen molar-refractivity contribution < 1.29 is 14.6 Å². The van der Waals surface area contributed by atoms with E-state index in [0.29, 0.717) is 32.9 Å². The molecule has 0 amide bonds. The molecular weight excluding hydrogens is 380 g/mol. The standard InChI is InChI=1S/C20H23ClN4O3/c1-5-28-19(26)13-10-22-18-16(12(2)24-25(18)4)17(13)23-11-20(3,27)14-8-6-7-9-15(14)21/h6-10,27H,5,11H2,1-4H3,(H,22,23). The highest BCUT2D eigenvalue weighted by atomic mass is 35.5. The largest absolute Gasteiger partial charge is 0.462 e. The number of halogens is 1. The van der Waals surface area contributed by atoms with Gasteiger partial charge >= 0.3 is 5.97 Å². The second-order valence-electron chi connectivity index (χ2n) is 6.78. The molecule has 2 heterocycles. The van der Waals surface area contributed by atoms with Crippen LogP contribution in [0.25, 0.3) is 11.0 Å². The first-order valence-electron chi connectivity index (χ1n) is 8.97. The summed E-state index contributed by atoms with van der Waals surface area (Å²) in [7, 11) is 1.79. The Bertz CT molecular complexity index is 1030. The molecular formula is C20H23ClN4O3. The zero-order valence-corrected chi connectivity index (χ0v) is 17.0. The summed E-state index contributed by atoms with van der Waals surface area (Å²) in [6, 6.07) is 7.12. The van der Waals surface area contributed by atoms with Crippen molar-refractivity contribution in [2.75, 3.05) is 18.5 Å². The van der Waals surface area contributed by atoms with Gasteiger partial charge in [0, 0.05) is 30.4 Å². The molecule has 1 aromatic carbocycles. The highest BCUT2D eigenvalue weighted by Gasteiger charge is 2.28. The van der Waals surface area contributed by atoms with Crippen LogP contribution in [-0.4, -0.2) is 39.0 Å². The molecule has 7 nitrogen and oxygen atoms in total. The third-order valence-electron chi connectivity index (χ3n) is 4.59. The summed E-state index contributed by atoms with van der Waals surface area (Å²) < 4.78 is 6.82. The summed E-state index contributed by atoms with van der Waals surface area (Å²) in [4.78, 5) is 16.8. The van der Waals surface area contributed by atoms with E-state index in [1.54, 1.807) is 43.8 Å². The maximum atomic E-state index is 12.5. The van der Waals surface area contributed by atoms with E-state index in [9.17, 15) is 9.90 Å². The lowest BCUT2D eigenvalue weighted by Gasteiger charge is -2.26. The van der Waals surface area contributed by atoms with Gasteiger partial charge in [-0.15, -0.1) is 0 Å². The van der Waals surface area contributed by atoms with Gasteiger partial charge in [-0.05, 0) is 26.8 Å². The van der Waals surface area contributed by atoms with Crippen molar-refractivity contribution in [2.45, 2.75) is 26.4 Å². The first-order chi connectivity index (χ1) is 13.3. The van der Waals surface area contributed by atoms with Crippen molar-refractivity contribution in [1.29, 1.82) is 0 Å². The molecule has 1 atom stereocenters. The first-order valence-corrected chi connectivity index (χ1v) is 9.34. The Balaban J connectivity index is 2.04. The van der Waals surface area contributed by atoms with Gasteiger partial charge in [0.1, 0.15) is 11.2 Å². The summed E-state index contributed by atoms with van der Waals surface area (Å²) in [5.41, 5.74) is 1.49. The van der Waals surface area contributed by atoms with E-state index in [0.717, 1.165) is 5.69 Å². The van der Waals surface area contributed by atoms with Crippen LogP contribution in [0, 0.1) is 6.92 Å². The Morgan fingerprint density at radius 3 is 2.79 bits per heavy atom. The molecule has 0 aliphatic carbocycles. The fourth-order valence-corrected chi connectivity index (χ4v) is 3.55. The number of aryl methyl sites for hydroxylation is 2. The monoisotopic (exact) mass is 402 g/mol. The number of carbonyl (C=O) groups is 1. The number of ether oxygens (including phenoxy) is 1. The number of rotatable bonds is 6. The Morgan fingerprint density at radius 1 is 1.39 bits per heavy atom. The summed E-state index contributed by atoms with van der Waals surface area (Å²) in [5.74, 6) is -0.486. The van der Waals surface area contributed by atoms with Gasteiger partial charge in [0.25, 0.3) is 0 Å². The van der Waals surface area contributed by atoms with E-state index in [1.165, 1.54) is 6.20 Å². The van der Waals surface area contributed by atoms with Crippen molar-refractivity contribution >= 4 is 34.3 Å². The zero-order valence-electron chi connectivity index (χ0n) is 16.3.